The summed E-state index contributed by atoms with van der Waals surface area (Å²) in [7, 11) is 0. The van der Waals surface area contributed by atoms with Crippen LogP contribution in [0.2, 0.25) is 0 Å². The van der Waals surface area contributed by atoms with Gasteiger partial charge in [-0.1, -0.05) is 83.7 Å². The van der Waals surface area contributed by atoms with Gasteiger partial charge in [-0.2, -0.15) is 0 Å². The molecule has 0 radical (unpaired) electrons. The van der Waals surface area contributed by atoms with Gasteiger partial charge in [-0.15, -0.1) is 11.3 Å². The largest absolute Gasteiger partial charge is 0.159 e. The van der Waals surface area contributed by atoms with E-state index in [4.69, 9.17) is 6.42 Å². The number of hydrogen-bond acceptors (Lipinski definition) is 2. The molecule has 0 rings (SSSR count). The second-order valence-corrected chi connectivity index (χ2v) is 7.87. The quantitative estimate of drug-likeness (QED) is 0.279. The summed E-state index contributed by atoms with van der Waals surface area (Å²) in [6.07, 6.45) is 16.3. The molecule has 0 N–H and O–H groups in total. The fourth-order valence-electron chi connectivity index (χ4n) is 2.92. The van der Waals surface area contributed by atoms with E-state index in [-0.39, 0.29) is 0 Å². The molecule has 1 unspecified atom stereocenters. The molecule has 0 saturated heterocycles. The highest BCUT2D eigenvalue weighted by Crippen LogP contribution is 2.23. The van der Waals surface area contributed by atoms with Crippen molar-refractivity contribution < 1.29 is 0 Å². The van der Waals surface area contributed by atoms with E-state index in [1.807, 2.05) is 0 Å². The minimum atomic E-state index is -0.801. The standard InChI is InChI=1S/C20H37NO/c1-7-20(6,21-22)16-10-15-19(5)14-9-13-18(4)12-8-11-17(2)3/h1,17-19H,8-16H2,2-6H3/t18-,19-,20?/m1/s1. The molecule has 0 spiro atoms. The Morgan fingerprint density at radius 2 is 1.36 bits per heavy atom. The van der Waals surface area contributed by atoms with Crippen molar-refractivity contribution in [3.05, 3.63) is 4.91 Å². The summed E-state index contributed by atoms with van der Waals surface area (Å²) in [5.74, 6) is 4.92. The van der Waals surface area contributed by atoms with Crippen LogP contribution in [-0.2, 0) is 0 Å². The van der Waals surface area contributed by atoms with Crippen LogP contribution in [0.5, 0.6) is 0 Å². The Morgan fingerprint density at radius 1 is 0.909 bits per heavy atom. The van der Waals surface area contributed by atoms with Gasteiger partial charge in [0.05, 0.1) is 0 Å². The van der Waals surface area contributed by atoms with Gasteiger partial charge in [0.15, 0.2) is 5.54 Å². The summed E-state index contributed by atoms with van der Waals surface area (Å²) in [5, 5.41) is 3.08. The monoisotopic (exact) mass is 307 g/mol. The Balaban J connectivity index is 3.67. The second-order valence-electron chi connectivity index (χ2n) is 7.87. The van der Waals surface area contributed by atoms with Crippen molar-refractivity contribution in [2.45, 2.75) is 97.9 Å². The summed E-state index contributed by atoms with van der Waals surface area (Å²) < 4.78 is 0. The van der Waals surface area contributed by atoms with E-state index in [9.17, 15) is 4.91 Å². The fraction of sp³-hybridized carbons (Fsp3) is 0.900. The Morgan fingerprint density at radius 3 is 1.77 bits per heavy atom. The molecule has 3 atom stereocenters. The second kappa shape index (κ2) is 11.7. The summed E-state index contributed by atoms with van der Waals surface area (Å²) in [6.45, 7) is 11.1. The van der Waals surface area contributed by atoms with Gasteiger partial charge in [-0.3, -0.25) is 0 Å². The molecule has 22 heavy (non-hydrogen) atoms. The lowest BCUT2D eigenvalue weighted by molar-refractivity contribution is 0.379. The fourth-order valence-corrected chi connectivity index (χ4v) is 2.92. The predicted octanol–water partition coefficient (Wildman–Crippen LogP) is 6.58. The molecule has 2 heteroatoms. The van der Waals surface area contributed by atoms with Gasteiger partial charge in [0.1, 0.15) is 0 Å². The van der Waals surface area contributed by atoms with Crippen LogP contribution in [0.3, 0.4) is 0 Å². The third kappa shape index (κ3) is 10.8. The number of hydrogen-bond donors (Lipinski definition) is 0. The third-order valence-electron chi connectivity index (χ3n) is 4.75. The van der Waals surface area contributed by atoms with E-state index >= 15 is 0 Å². The molecule has 0 aromatic heterocycles. The smallest absolute Gasteiger partial charge is 0.149 e. The summed E-state index contributed by atoms with van der Waals surface area (Å²) in [5.41, 5.74) is -0.801. The average molecular weight is 308 g/mol. The van der Waals surface area contributed by atoms with Gasteiger partial charge in [0.2, 0.25) is 0 Å². The van der Waals surface area contributed by atoms with Gasteiger partial charge in [-0.25, -0.2) is 0 Å². The van der Waals surface area contributed by atoms with Crippen LogP contribution in [0.4, 0.5) is 0 Å². The average Bonchev–Trinajstić information content (AvgIpc) is 2.46. The van der Waals surface area contributed by atoms with Crippen LogP contribution in [0.15, 0.2) is 5.18 Å². The van der Waals surface area contributed by atoms with Crippen molar-refractivity contribution in [3.63, 3.8) is 0 Å². The minimum absolute atomic E-state index is 0.711. The van der Waals surface area contributed by atoms with E-state index in [0.717, 1.165) is 30.6 Å². The molecular formula is C20H37NO. The van der Waals surface area contributed by atoms with E-state index in [1.165, 1.54) is 38.5 Å². The van der Waals surface area contributed by atoms with Gasteiger partial charge in [0.25, 0.3) is 0 Å². The van der Waals surface area contributed by atoms with Crippen LogP contribution in [-0.4, -0.2) is 5.54 Å². The lowest BCUT2D eigenvalue weighted by Crippen LogP contribution is -2.18. The highest BCUT2D eigenvalue weighted by atomic mass is 16.3. The van der Waals surface area contributed by atoms with Crippen molar-refractivity contribution >= 4 is 0 Å². The molecule has 0 aliphatic rings. The summed E-state index contributed by atoms with van der Waals surface area (Å²) in [6, 6.07) is 0. The first-order chi connectivity index (χ1) is 10.3. The van der Waals surface area contributed by atoms with Crippen LogP contribution >= 0.6 is 0 Å². The summed E-state index contributed by atoms with van der Waals surface area (Å²) >= 11 is 0. The maximum atomic E-state index is 10.7. The van der Waals surface area contributed by atoms with Crippen LogP contribution in [0, 0.1) is 35.0 Å². The first-order valence-corrected chi connectivity index (χ1v) is 9.15. The summed E-state index contributed by atoms with van der Waals surface area (Å²) in [4.78, 5) is 10.7. The normalized spacial score (nSPS) is 16.8. The van der Waals surface area contributed by atoms with Crippen LogP contribution in [0.1, 0.15) is 92.4 Å². The maximum absolute atomic E-state index is 10.7. The predicted molar refractivity (Wildman–Crippen MR) is 97.8 cm³/mol. The zero-order valence-corrected chi connectivity index (χ0v) is 15.5. The molecule has 2 nitrogen and oxygen atoms in total. The highest BCUT2D eigenvalue weighted by Gasteiger charge is 2.21. The lowest BCUT2D eigenvalue weighted by Gasteiger charge is -2.17. The van der Waals surface area contributed by atoms with Crippen molar-refractivity contribution in [2.75, 3.05) is 0 Å². The Labute approximate surface area is 138 Å². The molecule has 0 aromatic rings. The Hall–Kier alpha value is -0.840. The molecule has 128 valence electrons. The molecule has 0 aliphatic heterocycles. The van der Waals surface area contributed by atoms with Gasteiger partial charge in [0, 0.05) is 0 Å². The van der Waals surface area contributed by atoms with E-state index in [1.54, 1.807) is 6.92 Å². The van der Waals surface area contributed by atoms with Crippen molar-refractivity contribution in [1.29, 1.82) is 0 Å². The van der Waals surface area contributed by atoms with Gasteiger partial charge >= 0.3 is 0 Å². The Kier molecular flexibility index (Phi) is 11.2. The first-order valence-electron chi connectivity index (χ1n) is 9.15. The molecule has 0 fully saturated rings. The van der Waals surface area contributed by atoms with Crippen molar-refractivity contribution in [1.82, 2.24) is 0 Å². The van der Waals surface area contributed by atoms with Gasteiger partial charge < -0.3 is 0 Å². The number of terminal acetylenes is 1. The Bertz CT molecular complexity index is 331. The molecule has 0 amide bonds. The molecule has 0 heterocycles. The SMILES string of the molecule is C#CC(C)(CCC[C@H](C)CCC[C@H](C)CCCC(C)C)N=O. The van der Waals surface area contributed by atoms with Gasteiger partial charge in [-0.05, 0) is 37.5 Å². The zero-order valence-electron chi connectivity index (χ0n) is 15.5. The van der Waals surface area contributed by atoms with E-state index in [2.05, 4.69) is 38.8 Å². The molecular weight excluding hydrogens is 270 g/mol. The third-order valence-corrected chi connectivity index (χ3v) is 4.75. The minimum Gasteiger partial charge on any atom is -0.149 e. The maximum Gasteiger partial charge on any atom is 0.159 e. The first kappa shape index (κ1) is 21.2. The lowest BCUT2D eigenvalue weighted by atomic mass is 9.90. The number of nitroso groups, excluding NO2 is 1. The molecule has 0 saturated carbocycles. The highest BCUT2D eigenvalue weighted by molar-refractivity contribution is 5.10. The molecule has 0 bridgehead atoms. The molecule has 0 aromatic carbocycles. The topological polar surface area (TPSA) is 29.4 Å². The zero-order chi connectivity index (χ0) is 17.0. The van der Waals surface area contributed by atoms with Crippen molar-refractivity contribution in [2.24, 2.45) is 22.9 Å². The van der Waals surface area contributed by atoms with E-state index < -0.39 is 5.54 Å². The molecule has 0 aliphatic carbocycles. The van der Waals surface area contributed by atoms with Crippen molar-refractivity contribution in [3.8, 4) is 12.3 Å². The van der Waals surface area contributed by atoms with Crippen LogP contribution in [0.25, 0.3) is 0 Å². The van der Waals surface area contributed by atoms with E-state index in [0.29, 0.717) is 6.42 Å². The number of nitrogens with zero attached hydrogens (tertiary/aromatic N) is 1. The number of rotatable bonds is 13. The van der Waals surface area contributed by atoms with Crippen LogP contribution < -0.4 is 0 Å².